The van der Waals surface area contributed by atoms with Crippen LogP contribution in [0.4, 0.5) is 0 Å². The summed E-state index contributed by atoms with van der Waals surface area (Å²) in [5.41, 5.74) is 1.69. The van der Waals surface area contributed by atoms with Crippen LogP contribution in [-0.2, 0) is 17.7 Å². The summed E-state index contributed by atoms with van der Waals surface area (Å²) < 4.78 is 7.07. The number of nitrogens with zero attached hydrogens (tertiary/aromatic N) is 2. The standard InChI is InChI=1S/C12H21ClN2O2/c1-5-11(17-4)10(16)7-9-12(13)8(3)14-15(9)6-2/h10-11,16H,5-7H2,1-4H3. The van der Waals surface area contributed by atoms with Crippen LogP contribution >= 0.6 is 11.6 Å². The molecule has 0 aliphatic heterocycles. The first-order valence-electron chi connectivity index (χ1n) is 5.97. The van der Waals surface area contributed by atoms with Crippen molar-refractivity contribution >= 4 is 11.6 Å². The van der Waals surface area contributed by atoms with Crippen LogP contribution in [0.1, 0.15) is 31.7 Å². The minimum atomic E-state index is -0.552. The molecule has 2 atom stereocenters. The van der Waals surface area contributed by atoms with Gasteiger partial charge >= 0.3 is 0 Å². The maximum Gasteiger partial charge on any atom is 0.0857 e. The lowest BCUT2D eigenvalue weighted by Gasteiger charge is -2.20. The Morgan fingerprint density at radius 2 is 2.12 bits per heavy atom. The van der Waals surface area contributed by atoms with E-state index in [1.165, 1.54) is 0 Å². The Labute approximate surface area is 108 Å². The van der Waals surface area contributed by atoms with Crippen LogP contribution < -0.4 is 0 Å². The molecule has 1 aromatic heterocycles. The molecule has 1 rings (SSSR count). The van der Waals surface area contributed by atoms with Gasteiger partial charge in [-0.2, -0.15) is 5.10 Å². The van der Waals surface area contributed by atoms with Crippen molar-refractivity contribution in [3.8, 4) is 0 Å². The molecule has 1 aromatic rings. The predicted molar refractivity (Wildman–Crippen MR) is 68.4 cm³/mol. The molecule has 17 heavy (non-hydrogen) atoms. The molecule has 98 valence electrons. The number of hydrogen-bond donors (Lipinski definition) is 1. The maximum atomic E-state index is 10.1. The number of halogens is 1. The molecule has 2 unspecified atom stereocenters. The van der Waals surface area contributed by atoms with E-state index in [0.29, 0.717) is 11.4 Å². The highest BCUT2D eigenvalue weighted by Gasteiger charge is 2.22. The van der Waals surface area contributed by atoms with Crippen molar-refractivity contribution in [2.24, 2.45) is 0 Å². The molecular weight excluding hydrogens is 240 g/mol. The molecule has 0 aromatic carbocycles. The fraction of sp³-hybridized carbons (Fsp3) is 0.750. The molecule has 0 aliphatic rings. The van der Waals surface area contributed by atoms with Crippen molar-refractivity contribution in [2.45, 2.75) is 52.4 Å². The average Bonchev–Trinajstić information content (AvgIpc) is 2.58. The number of ether oxygens (including phenoxy) is 1. The van der Waals surface area contributed by atoms with Gasteiger partial charge in [0.2, 0.25) is 0 Å². The molecule has 0 radical (unpaired) electrons. The molecular formula is C12H21ClN2O2. The molecule has 0 saturated carbocycles. The van der Waals surface area contributed by atoms with E-state index in [1.807, 2.05) is 25.5 Å². The molecule has 0 saturated heterocycles. The van der Waals surface area contributed by atoms with E-state index in [9.17, 15) is 5.11 Å². The summed E-state index contributed by atoms with van der Waals surface area (Å²) in [4.78, 5) is 0. The van der Waals surface area contributed by atoms with Crippen molar-refractivity contribution in [3.05, 3.63) is 16.4 Å². The second-order valence-electron chi connectivity index (χ2n) is 4.12. The number of aliphatic hydroxyl groups is 1. The van der Waals surface area contributed by atoms with E-state index < -0.39 is 6.10 Å². The second-order valence-corrected chi connectivity index (χ2v) is 4.49. The highest BCUT2D eigenvalue weighted by molar-refractivity contribution is 6.31. The molecule has 0 aliphatic carbocycles. The number of hydrogen-bond acceptors (Lipinski definition) is 3. The molecule has 1 heterocycles. The zero-order chi connectivity index (χ0) is 13.0. The zero-order valence-electron chi connectivity index (χ0n) is 10.9. The van der Waals surface area contributed by atoms with Crippen molar-refractivity contribution in [1.82, 2.24) is 9.78 Å². The summed E-state index contributed by atoms with van der Waals surface area (Å²) in [6.07, 6.45) is 0.532. The fourth-order valence-corrected chi connectivity index (χ4v) is 2.20. The largest absolute Gasteiger partial charge is 0.390 e. The normalized spacial score (nSPS) is 14.9. The monoisotopic (exact) mass is 260 g/mol. The molecule has 0 amide bonds. The highest BCUT2D eigenvalue weighted by Crippen LogP contribution is 2.23. The van der Waals surface area contributed by atoms with Gasteiger partial charge in [-0.1, -0.05) is 18.5 Å². The fourth-order valence-electron chi connectivity index (χ4n) is 1.99. The lowest BCUT2D eigenvalue weighted by molar-refractivity contribution is -0.0137. The van der Waals surface area contributed by atoms with Crippen molar-refractivity contribution in [3.63, 3.8) is 0 Å². The summed E-state index contributed by atoms with van der Waals surface area (Å²) in [5, 5.41) is 15.1. The third kappa shape index (κ3) is 3.21. The van der Waals surface area contributed by atoms with Gasteiger partial charge in [-0.15, -0.1) is 0 Å². The summed E-state index contributed by atoms with van der Waals surface area (Å²) in [6, 6.07) is 0. The second kappa shape index (κ2) is 6.38. The van der Waals surface area contributed by atoms with Crippen LogP contribution in [0, 0.1) is 6.92 Å². The number of rotatable bonds is 6. The molecule has 5 heteroatoms. The van der Waals surface area contributed by atoms with Crippen LogP contribution in [0.2, 0.25) is 5.02 Å². The van der Waals surface area contributed by atoms with Crippen LogP contribution in [0.3, 0.4) is 0 Å². The van der Waals surface area contributed by atoms with Crippen LogP contribution in [0.25, 0.3) is 0 Å². The first-order valence-corrected chi connectivity index (χ1v) is 6.35. The third-order valence-electron chi connectivity index (χ3n) is 2.99. The van der Waals surface area contributed by atoms with Crippen LogP contribution in [0.5, 0.6) is 0 Å². The van der Waals surface area contributed by atoms with Gasteiger partial charge < -0.3 is 9.84 Å². The van der Waals surface area contributed by atoms with E-state index in [-0.39, 0.29) is 6.10 Å². The lowest BCUT2D eigenvalue weighted by atomic mass is 10.1. The summed E-state index contributed by atoms with van der Waals surface area (Å²) in [7, 11) is 1.61. The highest BCUT2D eigenvalue weighted by atomic mass is 35.5. The lowest BCUT2D eigenvalue weighted by Crippen LogP contribution is -2.30. The Kier molecular flexibility index (Phi) is 5.43. The Hall–Kier alpha value is -0.580. The number of aromatic nitrogens is 2. The molecule has 4 nitrogen and oxygen atoms in total. The van der Waals surface area contributed by atoms with Gasteiger partial charge in [0.25, 0.3) is 0 Å². The van der Waals surface area contributed by atoms with Gasteiger partial charge in [0.1, 0.15) is 0 Å². The maximum absolute atomic E-state index is 10.1. The number of methoxy groups -OCH3 is 1. The van der Waals surface area contributed by atoms with Crippen LogP contribution in [-0.4, -0.2) is 34.2 Å². The van der Waals surface area contributed by atoms with Gasteiger partial charge in [-0.3, -0.25) is 4.68 Å². The molecule has 1 N–H and O–H groups in total. The first kappa shape index (κ1) is 14.5. The van der Waals surface area contributed by atoms with E-state index in [2.05, 4.69) is 5.10 Å². The average molecular weight is 261 g/mol. The van der Waals surface area contributed by atoms with Gasteiger partial charge in [-0.05, 0) is 20.3 Å². The van der Waals surface area contributed by atoms with Gasteiger partial charge in [-0.25, -0.2) is 0 Å². The first-order chi connectivity index (χ1) is 8.04. The van der Waals surface area contributed by atoms with E-state index in [0.717, 1.165) is 24.4 Å². The number of aryl methyl sites for hydroxylation is 2. The SMILES string of the molecule is CCC(OC)C(O)Cc1c(Cl)c(C)nn1CC. The molecule has 0 spiro atoms. The van der Waals surface area contributed by atoms with Crippen molar-refractivity contribution in [2.75, 3.05) is 7.11 Å². The van der Waals surface area contributed by atoms with E-state index >= 15 is 0 Å². The van der Waals surface area contributed by atoms with E-state index in [4.69, 9.17) is 16.3 Å². The predicted octanol–water partition coefficient (Wildman–Crippen LogP) is 2.19. The minimum absolute atomic E-state index is 0.161. The Balaban J connectivity index is 2.86. The van der Waals surface area contributed by atoms with Gasteiger partial charge in [0, 0.05) is 20.1 Å². The van der Waals surface area contributed by atoms with E-state index in [1.54, 1.807) is 7.11 Å². The van der Waals surface area contributed by atoms with Crippen molar-refractivity contribution < 1.29 is 9.84 Å². The minimum Gasteiger partial charge on any atom is -0.390 e. The Morgan fingerprint density at radius 1 is 1.47 bits per heavy atom. The van der Waals surface area contributed by atoms with Crippen molar-refractivity contribution in [1.29, 1.82) is 0 Å². The third-order valence-corrected chi connectivity index (χ3v) is 3.48. The molecule has 0 fully saturated rings. The Morgan fingerprint density at radius 3 is 2.59 bits per heavy atom. The van der Waals surface area contributed by atoms with Crippen LogP contribution in [0.15, 0.2) is 0 Å². The van der Waals surface area contributed by atoms with Gasteiger partial charge in [0.15, 0.2) is 0 Å². The Bertz CT molecular complexity index is 362. The zero-order valence-corrected chi connectivity index (χ0v) is 11.7. The summed E-state index contributed by atoms with van der Waals surface area (Å²) >= 11 is 6.19. The summed E-state index contributed by atoms with van der Waals surface area (Å²) in [6.45, 7) is 6.62. The topological polar surface area (TPSA) is 47.3 Å². The molecule has 0 bridgehead atoms. The summed E-state index contributed by atoms with van der Waals surface area (Å²) in [5.74, 6) is 0. The quantitative estimate of drug-likeness (QED) is 0.853. The number of aliphatic hydroxyl groups excluding tert-OH is 1. The smallest absolute Gasteiger partial charge is 0.0857 e. The van der Waals surface area contributed by atoms with Gasteiger partial charge in [0.05, 0.1) is 28.6 Å².